The van der Waals surface area contributed by atoms with Crippen molar-refractivity contribution in [3.63, 3.8) is 0 Å². The third-order valence-corrected chi connectivity index (χ3v) is 15.6. The maximum atomic E-state index is 4.13. The monoisotopic (exact) mass is 373 g/mol. The molecule has 0 atom stereocenters. The van der Waals surface area contributed by atoms with Crippen LogP contribution in [0.4, 0.5) is 0 Å². The fraction of sp³-hybridized carbons (Fsp3) is 1.00. The first kappa shape index (κ1) is 16.8. The molecule has 0 unspecified atom stereocenters. The molecule has 3 aliphatic carbocycles. The fourth-order valence-electron chi connectivity index (χ4n) is 5.87. The Morgan fingerprint density at radius 2 is 0.810 bits per heavy atom. The van der Waals surface area contributed by atoms with Crippen LogP contribution in [0.25, 0.3) is 0 Å². The summed E-state index contributed by atoms with van der Waals surface area (Å²) in [5.74, 6) is 0. The van der Waals surface area contributed by atoms with E-state index in [1.807, 2.05) is 0 Å². The fourth-order valence-corrected chi connectivity index (χ4v) is 15.9. The van der Waals surface area contributed by atoms with Crippen LogP contribution < -0.4 is 0 Å². The Labute approximate surface area is 141 Å². The highest BCUT2D eigenvalue weighted by Crippen LogP contribution is 2.77. The zero-order valence-electron chi connectivity index (χ0n) is 13.9. The Balaban J connectivity index is 1.85. The number of alkyl halides is 1. The summed E-state index contributed by atoms with van der Waals surface area (Å²) in [4.78, 5) is 0. The lowest BCUT2D eigenvalue weighted by Crippen LogP contribution is -2.36. The smallest absolute Gasteiger partial charge is 0.0530 e. The van der Waals surface area contributed by atoms with Gasteiger partial charge in [-0.25, -0.2) is 0 Å². The molecule has 0 aliphatic heterocycles. The third kappa shape index (κ3) is 3.55. The number of hydrogen-bond donors (Lipinski definition) is 0. The molecule has 0 radical (unpaired) electrons. The molecule has 3 saturated carbocycles. The van der Waals surface area contributed by atoms with E-state index in [1.54, 1.807) is 77.0 Å². The minimum atomic E-state index is -0.787. The van der Waals surface area contributed by atoms with Gasteiger partial charge in [0.25, 0.3) is 0 Å². The highest BCUT2D eigenvalue weighted by molar-refractivity contribution is 9.10. The first-order valence-electron chi connectivity index (χ1n) is 9.81. The summed E-state index contributed by atoms with van der Waals surface area (Å²) in [5, 5.41) is 1.42. The van der Waals surface area contributed by atoms with E-state index in [4.69, 9.17) is 0 Å². The third-order valence-electron chi connectivity index (χ3n) is 6.97. The van der Waals surface area contributed by atoms with Crippen molar-refractivity contribution in [3.05, 3.63) is 0 Å². The minimum absolute atomic E-state index is 0.787. The lowest BCUT2D eigenvalue weighted by atomic mass is 9.99. The van der Waals surface area contributed by atoms with E-state index in [0.29, 0.717) is 0 Å². The van der Waals surface area contributed by atoms with Gasteiger partial charge in [0.15, 0.2) is 0 Å². The molecule has 122 valence electrons. The molecule has 3 aliphatic rings. The molecule has 0 nitrogen and oxygen atoms in total. The molecule has 0 aromatic heterocycles. The number of rotatable bonds is 4. The average molecular weight is 374 g/mol. The van der Waals surface area contributed by atoms with Crippen LogP contribution >= 0.6 is 23.2 Å². The number of hydrogen-bond acceptors (Lipinski definition) is 0. The molecular formula is C19H35BrP+. The predicted molar refractivity (Wildman–Crippen MR) is 101 cm³/mol. The summed E-state index contributed by atoms with van der Waals surface area (Å²) >= 11 is 4.13. The van der Waals surface area contributed by atoms with E-state index < -0.39 is 7.26 Å². The van der Waals surface area contributed by atoms with E-state index in [9.17, 15) is 0 Å². The van der Waals surface area contributed by atoms with Crippen molar-refractivity contribution in [1.29, 1.82) is 0 Å². The van der Waals surface area contributed by atoms with Crippen molar-refractivity contribution in [2.75, 3.05) is 5.07 Å². The van der Waals surface area contributed by atoms with Crippen LogP contribution in [0.2, 0.25) is 0 Å². The normalized spacial score (nSPS) is 27.9. The van der Waals surface area contributed by atoms with Gasteiger partial charge in [-0.05, 0) is 93.0 Å². The molecule has 0 spiro atoms. The SMILES string of the molecule is BrC[P+](C1CCCCC1)(C1CCCCC1)C1CCCCC1. The van der Waals surface area contributed by atoms with Crippen LogP contribution in [-0.4, -0.2) is 22.0 Å². The van der Waals surface area contributed by atoms with Crippen LogP contribution in [0.1, 0.15) is 96.3 Å². The minimum Gasteiger partial charge on any atom is -0.0530 e. The van der Waals surface area contributed by atoms with Crippen molar-refractivity contribution in [3.8, 4) is 0 Å². The largest absolute Gasteiger partial charge is 0.114 e. The second-order valence-electron chi connectivity index (χ2n) is 7.99. The molecule has 0 aromatic carbocycles. The Hall–Kier alpha value is 0.910. The first-order valence-corrected chi connectivity index (χ1v) is 13.1. The van der Waals surface area contributed by atoms with Gasteiger partial charge in [0.05, 0.1) is 17.0 Å². The van der Waals surface area contributed by atoms with Crippen LogP contribution in [-0.2, 0) is 0 Å². The van der Waals surface area contributed by atoms with Crippen molar-refractivity contribution >= 4 is 23.2 Å². The van der Waals surface area contributed by atoms with Crippen LogP contribution in [0.5, 0.6) is 0 Å². The predicted octanol–water partition coefficient (Wildman–Crippen LogP) is 7.35. The second kappa shape index (κ2) is 8.14. The summed E-state index contributed by atoms with van der Waals surface area (Å²) in [6, 6.07) is 0. The topological polar surface area (TPSA) is 0 Å². The van der Waals surface area contributed by atoms with Gasteiger partial charge in [-0.1, -0.05) is 19.3 Å². The molecule has 0 heterocycles. The van der Waals surface area contributed by atoms with E-state index in [0.717, 1.165) is 17.0 Å². The Morgan fingerprint density at radius 3 is 1.05 bits per heavy atom. The molecule has 0 aromatic rings. The highest BCUT2D eigenvalue weighted by atomic mass is 79.9. The molecule has 0 amide bonds. The van der Waals surface area contributed by atoms with Crippen molar-refractivity contribution in [2.24, 2.45) is 0 Å². The first-order chi connectivity index (χ1) is 10.4. The highest BCUT2D eigenvalue weighted by Gasteiger charge is 2.56. The average Bonchev–Trinajstić information content (AvgIpc) is 2.59. The van der Waals surface area contributed by atoms with Crippen LogP contribution in [0, 0.1) is 0 Å². The molecule has 0 bridgehead atoms. The van der Waals surface area contributed by atoms with E-state index in [-0.39, 0.29) is 0 Å². The lowest BCUT2D eigenvalue weighted by Gasteiger charge is -2.48. The van der Waals surface area contributed by atoms with Gasteiger partial charge in [-0.15, -0.1) is 0 Å². The van der Waals surface area contributed by atoms with Gasteiger partial charge >= 0.3 is 0 Å². The Bertz CT molecular complexity index is 253. The molecule has 3 rings (SSSR count). The van der Waals surface area contributed by atoms with Gasteiger partial charge < -0.3 is 0 Å². The zero-order chi connectivity index (χ0) is 14.5. The molecule has 0 N–H and O–H groups in total. The van der Waals surface area contributed by atoms with Crippen molar-refractivity contribution in [2.45, 2.75) is 113 Å². The van der Waals surface area contributed by atoms with Gasteiger partial charge in [0.2, 0.25) is 0 Å². The van der Waals surface area contributed by atoms with Crippen LogP contribution in [0.15, 0.2) is 0 Å². The summed E-state index contributed by atoms with van der Waals surface area (Å²) in [7, 11) is -0.787. The molecule has 0 saturated heterocycles. The van der Waals surface area contributed by atoms with E-state index in [1.165, 1.54) is 24.3 Å². The summed E-state index contributed by atoms with van der Waals surface area (Å²) in [6.45, 7) is 0. The molecular weight excluding hydrogens is 339 g/mol. The zero-order valence-corrected chi connectivity index (χ0v) is 16.4. The van der Waals surface area contributed by atoms with Crippen molar-refractivity contribution < 1.29 is 0 Å². The van der Waals surface area contributed by atoms with Crippen molar-refractivity contribution in [1.82, 2.24) is 0 Å². The lowest BCUT2D eigenvalue weighted by molar-refractivity contribution is 0.452. The molecule has 2 heteroatoms. The van der Waals surface area contributed by atoms with Crippen LogP contribution in [0.3, 0.4) is 0 Å². The summed E-state index contributed by atoms with van der Waals surface area (Å²) < 4.78 is 0. The molecule has 3 fully saturated rings. The quantitative estimate of drug-likeness (QED) is 0.356. The standard InChI is InChI=1S/C19H35BrP/c20-16-21(17-10-4-1-5-11-17,18-12-6-2-7-13-18)19-14-8-3-9-15-19/h17-19H,1-16H2/q+1. The molecule has 21 heavy (non-hydrogen) atoms. The summed E-state index contributed by atoms with van der Waals surface area (Å²) in [6.07, 6.45) is 23.3. The van der Waals surface area contributed by atoms with Gasteiger partial charge in [0, 0.05) is 7.26 Å². The Morgan fingerprint density at radius 1 is 0.524 bits per heavy atom. The summed E-state index contributed by atoms with van der Waals surface area (Å²) in [5.41, 5.74) is 3.45. The Kier molecular flexibility index (Phi) is 6.50. The maximum absolute atomic E-state index is 4.13. The number of halogens is 1. The van der Waals surface area contributed by atoms with Gasteiger partial charge in [-0.2, -0.15) is 0 Å². The van der Waals surface area contributed by atoms with Gasteiger partial charge in [-0.3, -0.25) is 0 Å². The van der Waals surface area contributed by atoms with E-state index in [2.05, 4.69) is 15.9 Å². The van der Waals surface area contributed by atoms with E-state index >= 15 is 0 Å². The second-order valence-corrected chi connectivity index (χ2v) is 13.9. The maximum Gasteiger partial charge on any atom is 0.114 e. The van der Waals surface area contributed by atoms with Gasteiger partial charge in [0.1, 0.15) is 5.07 Å².